The number of fused-ring (bicyclic) bond motifs is 2. The van der Waals surface area contributed by atoms with E-state index in [-0.39, 0.29) is 0 Å². The van der Waals surface area contributed by atoms with Gasteiger partial charge in [-0.15, -0.1) is 22.7 Å². The minimum Gasteiger partial charge on any atom is -0.227 e. The molecule has 2 nitrogen and oxygen atoms in total. The molecule has 0 atom stereocenters. The van der Waals surface area contributed by atoms with E-state index < -0.39 is 0 Å². The first-order valence-electron chi connectivity index (χ1n) is 6.23. The monoisotopic (exact) mass is 394 g/mol. The van der Waals surface area contributed by atoms with Crippen molar-refractivity contribution in [1.29, 1.82) is 0 Å². The van der Waals surface area contributed by atoms with Gasteiger partial charge in [0.25, 0.3) is 0 Å². The second-order valence-corrected chi connectivity index (χ2v) is 7.93. The van der Waals surface area contributed by atoms with Gasteiger partial charge in [-0.2, -0.15) is 0 Å². The highest BCUT2D eigenvalue weighted by molar-refractivity contribution is 9.10. The molecule has 0 N–H and O–H groups in total. The van der Waals surface area contributed by atoms with Crippen molar-refractivity contribution in [2.24, 2.45) is 0 Å². The summed E-state index contributed by atoms with van der Waals surface area (Å²) in [5.74, 6) is 0.696. The minimum atomic E-state index is 0.488. The van der Waals surface area contributed by atoms with Crippen LogP contribution in [0.4, 0.5) is 0 Å². The normalized spacial score (nSPS) is 11.6. The Morgan fingerprint density at radius 3 is 2.81 bits per heavy atom. The summed E-state index contributed by atoms with van der Waals surface area (Å²) in [7, 11) is 0. The van der Waals surface area contributed by atoms with Crippen LogP contribution in [0.3, 0.4) is 0 Å². The standard InChI is InChI=1S/C15H8BrClN2S2/c1-7-2-3-8(16)12-13(7)18-15(19-14(12)17)11-6-10-9(21-11)4-5-20-10/h2-6H,1H3. The van der Waals surface area contributed by atoms with Gasteiger partial charge in [-0.3, -0.25) is 0 Å². The molecule has 0 aliphatic rings. The molecular formula is C15H8BrClN2S2. The Labute approximate surface area is 142 Å². The van der Waals surface area contributed by atoms with E-state index in [9.17, 15) is 0 Å². The fourth-order valence-corrected chi connectivity index (χ4v) is 5.21. The topological polar surface area (TPSA) is 25.8 Å². The number of aryl methyl sites for hydroxylation is 1. The maximum atomic E-state index is 6.39. The van der Waals surface area contributed by atoms with Crippen molar-refractivity contribution in [2.75, 3.05) is 0 Å². The van der Waals surface area contributed by atoms with Gasteiger partial charge in [-0.25, -0.2) is 9.97 Å². The predicted octanol–water partition coefficient (Wildman–Crippen LogP) is 6.30. The summed E-state index contributed by atoms with van der Waals surface area (Å²) in [5.41, 5.74) is 1.99. The van der Waals surface area contributed by atoms with Crippen LogP contribution in [0.1, 0.15) is 5.56 Å². The second-order valence-electron chi connectivity index (χ2n) is 4.69. The lowest BCUT2D eigenvalue weighted by molar-refractivity contribution is 1.23. The summed E-state index contributed by atoms with van der Waals surface area (Å²) in [4.78, 5) is 10.3. The van der Waals surface area contributed by atoms with Crippen LogP contribution in [-0.2, 0) is 0 Å². The largest absolute Gasteiger partial charge is 0.227 e. The van der Waals surface area contributed by atoms with Crippen LogP contribution >= 0.6 is 50.2 Å². The van der Waals surface area contributed by atoms with Crippen LogP contribution in [0.2, 0.25) is 5.15 Å². The SMILES string of the molecule is Cc1ccc(Br)c2c(Cl)nc(-c3cc4sccc4s3)nc12. The van der Waals surface area contributed by atoms with E-state index in [1.54, 1.807) is 22.7 Å². The number of aromatic nitrogens is 2. The second kappa shape index (κ2) is 5.02. The Kier molecular flexibility index (Phi) is 3.26. The lowest BCUT2D eigenvalue weighted by Crippen LogP contribution is -1.93. The molecule has 3 aromatic heterocycles. The van der Waals surface area contributed by atoms with E-state index in [2.05, 4.69) is 38.4 Å². The molecule has 1 aromatic carbocycles. The van der Waals surface area contributed by atoms with Gasteiger partial charge in [-0.05, 0) is 52.0 Å². The third kappa shape index (κ3) is 2.19. The lowest BCUT2D eigenvalue weighted by atomic mass is 10.1. The molecular weight excluding hydrogens is 388 g/mol. The zero-order chi connectivity index (χ0) is 14.6. The summed E-state index contributed by atoms with van der Waals surface area (Å²) in [5, 5.41) is 3.46. The van der Waals surface area contributed by atoms with Crippen molar-refractivity contribution < 1.29 is 0 Å². The predicted molar refractivity (Wildman–Crippen MR) is 95.7 cm³/mol. The Bertz CT molecular complexity index is 962. The van der Waals surface area contributed by atoms with Gasteiger partial charge in [0, 0.05) is 13.9 Å². The average molecular weight is 396 g/mol. The number of nitrogens with zero attached hydrogens (tertiary/aromatic N) is 2. The molecule has 0 spiro atoms. The Morgan fingerprint density at radius 2 is 2.00 bits per heavy atom. The first-order chi connectivity index (χ1) is 10.1. The number of halogens is 2. The molecule has 0 amide bonds. The van der Waals surface area contributed by atoms with E-state index in [1.807, 2.05) is 19.1 Å². The number of hydrogen-bond acceptors (Lipinski definition) is 4. The number of benzene rings is 1. The first-order valence-corrected chi connectivity index (χ1v) is 9.10. The zero-order valence-corrected chi connectivity index (χ0v) is 14.8. The Hall–Kier alpha value is -1.01. The maximum Gasteiger partial charge on any atom is 0.171 e. The zero-order valence-electron chi connectivity index (χ0n) is 10.9. The number of thiophene rings is 2. The van der Waals surface area contributed by atoms with Crippen LogP contribution in [0.15, 0.2) is 34.1 Å². The van der Waals surface area contributed by atoms with E-state index >= 15 is 0 Å². The summed E-state index contributed by atoms with van der Waals surface area (Å²) < 4.78 is 3.45. The molecule has 3 heterocycles. The van der Waals surface area contributed by atoms with Crippen molar-refractivity contribution in [1.82, 2.24) is 9.97 Å². The fourth-order valence-electron chi connectivity index (χ4n) is 2.28. The van der Waals surface area contributed by atoms with Crippen LogP contribution in [0.25, 0.3) is 31.0 Å². The number of rotatable bonds is 1. The summed E-state index contributed by atoms with van der Waals surface area (Å²) in [6.45, 7) is 2.04. The third-order valence-electron chi connectivity index (χ3n) is 3.32. The third-order valence-corrected chi connectivity index (χ3v) is 6.34. The maximum absolute atomic E-state index is 6.39. The van der Waals surface area contributed by atoms with Crippen LogP contribution in [0, 0.1) is 6.92 Å². The van der Waals surface area contributed by atoms with Crippen LogP contribution in [0.5, 0.6) is 0 Å². The molecule has 0 saturated heterocycles. The summed E-state index contributed by atoms with van der Waals surface area (Å²) in [6, 6.07) is 8.27. The van der Waals surface area contributed by atoms with Crippen molar-refractivity contribution >= 4 is 70.5 Å². The van der Waals surface area contributed by atoms with Crippen molar-refractivity contribution in [3.63, 3.8) is 0 Å². The Balaban J connectivity index is 2.02. The van der Waals surface area contributed by atoms with E-state index in [1.165, 1.54) is 9.40 Å². The molecule has 0 unspecified atom stereocenters. The van der Waals surface area contributed by atoms with Gasteiger partial charge in [0.1, 0.15) is 5.15 Å². The Morgan fingerprint density at radius 1 is 1.14 bits per heavy atom. The molecule has 0 aliphatic carbocycles. The molecule has 4 rings (SSSR count). The van der Waals surface area contributed by atoms with Crippen molar-refractivity contribution in [3.8, 4) is 10.7 Å². The molecule has 0 fully saturated rings. The van der Waals surface area contributed by atoms with Gasteiger partial charge < -0.3 is 0 Å². The van der Waals surface area contributed by atoms with E-state index in [0.29, 0.717) is 11.0 Å². The van der Waals surface area contributed by atoms with Crippen LogP contribution in [-0.4, -0.2) is 9.97 Å². The van der Waals surface area contributed by atoms with Gasteiger partial charge >= 0.3 is 0 Å². The first kappa shape index (κ1) is 13.6. The molecule has 0 bridgehead atoms. The molecule has 21 heavy (non-hydrogen) atoms. The smallest absolute Gasteiger partial charge is 0.171 e. The van der Waals surface area contributed by atoms with E-state index in [4.69, 9.17) is 16.6 Å². The molecule has 104 valence electrons. The minimum absolute atomic E-state index is 0.488. The lowest BCUT2D eigenvalue weighted by Gasteiger charge is -2.07. The average Bonchev–Trinajstić information content (AvgIpc) is 3.03. The van der Waals surface area contributed by atoms with Gasteiger partial charge in [-0.1, -0.05) is 17.7 Å². The van der Waals surface area contributed by atoms with Gasteiger partial charge in [0.15, 0.2) is 5.82 Å². The summed E-state index contributed by atoms with van der Waals surface area (Å²) in [6.07, 6.45) is 0. The van der Waals surface area contributed by atoms with Crippen molar-refractivity contribution in [2.45, 2.75) is 6.92 Å². The quantitative estimate of drug-likeness (QED) is 0.354. The fraction of sp³-hybridized carbons (Fsp3) is 0.0667. The molecule has 0 aliphatic heterocycles. The number of hydrogen-bond donors (Lipinski definition) is 0. The molecule has 0 radical (unpaired) electrons. The molecule has 4 aromatic rings. The van der Waals surface area contributed by atoms with Gasteiger partial charge in [0.2, 0.25) is 0 Å². The highest BCUT2D eigenvalue weighted by Crippen LogP contribution is 2.37. The van der Waals surface area contributed by atoms with Crippen LogP contribution < -0.4 is 0 Å². The summed E-state index contributed by atoms with van der Waals surface area (Å²) >= 11 is 13.3. The molecule has 6 heteroatoms. The molecule has 0 saturated carbocycles. The van der Waals surface area contributed by atoms with Gasteiger partial charge in [0.05, 0.1) is 15.8 Å². The highest BCUT2D eigenvalue weighted by atomic mass is 79.9. The highest BCUT2D eigenvalue weighted by Gasteiger charge is 2.14. The van der Waals surface area contributed by atoms with E-state index in [0.717, 1.165) is 25.8 Å². The van der Waals surface area contributed by atoms with Crippen molar-refractivity contribution in [3.05, 3.63) is 44.8 Å².